The third-order valence-corrected chi connectivity index (χ3v) is 6.02. The van der Waals surface area contributed by atoms with Gasteiger partial charge in [0.15, 0.2) is 0 Å². The lowest BCUT2D eigenvalue weighted by molar-refractivity contribution is 0.102. The van der Waals surface area contributed by atoms with Gasteiger partial charge in [-0.3, -0.25) is 9.52 Å². The van der Waals surface area contributed by atoms with Crippen LogP contribution in [0.5, 0.6) is 5.75 Å². The van der Waals surface area contributed by atoms with Crippen LogP contribution in [0.25, 0.3) is 11.0 Å². The van der Waals surface area contributed by atoms with E-state index < -0.39 is 21.6 Å². The molecule has 9 nitrogen and oxygen atoms in total. The van der Waals surface area contributed by atoms with Crippen LogP contribution in [0, 0.1) is 0 Å². The van der Waals surface area contributed by atoms with Crippen molar-refractivity contribution in [3.8, 4) is 5.75 Å². The Hall–Kier alpha value is -3.76. The first-order chi connectivity index (χ1) is 14.7. The van der Waals surface area contributed by atoms with Gasteiger partial charge in [0.1, 0.15) is 5.75 Å². The Morgan fingerprint density at radius 3 is 2.48 bits per heavy atom. The van der Waals surface area contributed by atoms with Crippen LogP contribution in [0.15, 0.2) is 70.4 Å². The number of H-pyrrole nitrogens is 2. The summed E-state index contributed by atoms with van der Waals surface area (Å²) in [5.41, 5.74) is 0.479. The second kappa shape index (κ2) is 7.82. The summed E-state index contributed by atoms with van der Waals surface area (Å²) in [6.45, 7) is 0. The van der Waals surface area contributed by atoms with Gasteiger partial charge >= 0.3 is 5.69 Å². The van der Waals surface area contributed by atoms with Crippen molar-refractivity contribution in [2.75, 3.05) is 10.0 Å². The molecule has 158 valence electrons. The van der Waals surface area contributed by atoms with Crippen molar-refractivity contribution in [2.24, 2.45) is 0 Å². The second-order valence-corrected chi connectivity index (χ2v) is 8.67. The molecule has 31 heavy (non-hydrogen) atoms. The summed E-state index contributed by atoms with van der Waals surface area (Å²) in [4.78, 5) is 29.1. The number of aromatic hydroxyl groups is 1. The standard InChI is InChI=1S/C20H15ClN4O5S/c21-11-5-8-18(26)17(9-11)22-19(27)13-3-1-2-4-14(13)25-31(29,30)12-6-7-15-16(10-12)24-20(28)23-15/h1-10,25-26H,(H,22,27)(H2,23,24,28). The highest BCUT2D eigenvalue weighted by Gasteiger charge is 2.20. The molecule has 5 N–H and O–H groups in total. The van der Waals surface area contributed by atoms with Gasteiger partial charge in [-0.05, 0) is 48.5 Å². The Morgan fingerprint density at radius 2 is 1.68 bits per heavy atom. The Labute approximate surface area is 180 Å². The maximum absolute atomic E-state index is 12.9. The molecule has 0 fully saturated rings. The van der Waals surface area contributed by atoms with Crippen molar-refractivity contribution in [3.63, 3.8) is 0 Å². The number of hydrogen-bond acceptors (Lipinski definition) is 5. The predicted octanol–water partition coefficient (Wildman–Crippen LogP) is 3.27. The Kier molecular flexibility index (Phi) is 5.17. The van der Waals surface area contributed by atoms with E-state index in [1.54, 1.807) is 12.1 Å². The number of para-hydroxylation sites is 1. The number of phenols is 1. The molecule has 0 unspecified atom stereocenters. The van der Waals surface area contributed by atoms with Crippen molar-refractivity contribution in [3.05, 3.63) is 81.7 Å². The topological polar surface area (TPSA) is 144 Å². The zero-order chi connectivity index (χ0) is 22.2. The number of aromatic amines is 2. The minimum absolute atomic E-state index is 0.0292. The van der Waals surface area contributed by atoms with Crippen molar-refractivity contribution in [1.82, 2.24) is 9.97 Å². The lowest BCUT2D eigenvalue weighted by Crippen LogP contribution is -2.18. The number of amides is 1. The smallest absolute Gasteiger partial charge is 0.323 e. The number of halogens is 1. The molecule has 0 aliphatic rings. The summed E-state index contributed by atoms with van der Waals surface area (Å²) in [6, 6.07) is 14.3. The molecular weight excluding hydrogens is 444 g/mol. The van der Waals surface area contributed by atoms with Crippen LogP contribution < -0.4 is 15.7 Å². The van der Waals surface area contributed by atoms with Crippen LogP contribution in [-0.4, -0.2) is 29.4 Å². The third-order valence-electron chi connectivity index (χ3n) is 4.42. The third kappa shape index (κ3) is 4.25. The molecule has 0 atom stereocenters. The highest BCUT2D eigenvalue weighted by molar-refractivity contribution is 7.92. The number of phenolic OH excluding ortho intramolecular Hbond substituents is 1. The summed E-state index contributed by atoms with van der Waals surface area (Å²) in [5, 5.41) is 12.7. The number of sulfonamides is 1. The molecule has 1 heterocycles. The second-order valence-electron chi connectivity index (χ2n) is 6.55. The van der Waals surface area contributed by atoms with Crippen LogP contribution in [0.2, 0.25) is 5.02 Å². The van der Waals surface area contributed by atoms with E-state index >= 15 is 0 Å². The molecular formula is C20H15ClN4O5S. The zero-order valence-corrected chi connectivity index (χ0v) is 17.2. The van der Waals surface area contributed by atoms with Crippen molar-refractivity contribution in [1.29, 1.82) is 0 Å². The molecule has 0 bridgehead atoms. The van der Waals surface area contributed by atoms with Gasteiger partial charge in [-0.2, -0.15) is 0 Å². The van der Waals surface area contributed by atoms with Crippen molar-refractivity contribution in [2.45, 2.75) is 4.90 Å². The number of nitrogens with one attached hydrogen (secondary N) is 4. The average Bonchev–Trinajstić information content (AvgIpc) is 3.10. The number of hydrogen-bond donors (Lipinski definition) is 5. The van der Waals surface area contributed by atoms with Gasteiger partial charge in [-0.25, -0.2) is 13.2 Å². The van der Waals surface area contributed by atoms with Gasteiger partial charge in [-0.1, -0.05) is 23.7 Å². The molecule has 1 aromatic heterocycles. The van der Waals surface area contributed by atoms with Crippen molar-refractivity contribution >= 4 is 49.9 Å². The van der Waals surface area contributed by atoms with E-state index in [0.717, 1.165) is 0 Å². The zero-order valence-electron chi connectivity index (χ0n) is 15.6. The SMILES string of the molecule is O=C(Nc1cc(Cl)ccc1O)c1ccccc1NS(=O)(=O)c1ccc2[nH]c(=O)[nH]c2c1. The molecule has 0 aliphatic carbocycles. The average molecular weight is 459 g/mol. The fraction of sp³-hybridized carbons (Fsp3) is 0. The fourth-order valence-electron chi connectivity index (χ4n) is 2.95. The van der Waals surface area contributed by atoms with Gasteiger partial charge in [0.25, 0.3) is 15.9 Å². The van der Waals surface area contributed by atoms with Gasteiger partial charge in [0.2, 0.25) is 0 Å². The first-order valence-corrected chi connectivity index (χ1v) is 10.7. The van der Waals surface area contributed by atoms with Gasteiger partial charge in [0, 0.05) is 5.02 Å². The van der Waals surface area contributed by atoms with E-state index in [9.17, 15) is 23.1 Å². The normalized spacial score (nSPS) is 11.4. The molecule has 0 spiro atoms. The number of imidazole rings is 1. The summed E-state index contributed by atoms with van der Waals surface area (Å²) in [5.74, 6) is -0.842. The number of carbonyl (C=O) groups is 1. The Bertz CT molecular complexity index is 1480. The quantitative estimate of drug-likeness (QED) is 0.291. The molecule has 3 aromatic carbocycles. The monoisotopic (exact) mass is 458 g/mol. The maximum atomic E-state index is 12.9. The molecule has 11 heteroatoms. The predicted molar refractivity (Wildman–Crippen MR) is 117 cm³/mol. The van der Waals surface area contributed by atoms with E-state index in [4.69, 9.17) is 11.6 Å². The molecule has 4 rings (SSSR count). The van der Waals surface area contributed by atoms with Crippen LogP contribution >= 0.6 is 11.6 Å². The summed E-state index contributed by atoms with van der Waals surface area (Å²) in [6.07, 6.45) is 0. The molecule has 4 aromatic rings. The van der Waals surface area contributed by atoms with Gasteiger partial charge in [0.05, 0.1) is 32.9 Å². The summed E-state index contributed by atoms with van der Waals surface area (Å²) < 4.78 is 28.2. The summed E-state index contributed by atoms with van der Waals surface area (Å²) in [7, 11) is -4.08. The summed E-state index contributed by atoms with van der Waals surface area (Å²) >= 11 is 5.90. The molecule has 0 saturated heterocycles. The molecule has 0 saturated carbocycles. The fourth-order valence-corrected chi connectivity index (χ4v) is 4.23. The first kappa shape index (κ1) is 20.5. The number of carbonyl (C=O) groups excluding carboxylic acids is 1. The van der Waals surface area contributed by atoms with Crippen LogP contribution in [0.1, 0.15) is 10.4 Å². The first-order valence-electron chi connectivity index (χ1n) is 8.87. The lowest BCUT2D eigenvalue weighted by Gasteiger charge is -2.13. The van der Waals surface area contributed by atoms with Gasteiger partial charge < -0.3 is 20.4 Å². The van der Waals surface area contributed by atoms with Crippen LogP contribution in [0.3, 0.4) is 0 Å². The highest BCUT2D eigenvalue weighted by atomic mass is 35.5. The Balaban J connectivity index is 1.65. The molecule has 0 radical (unpaired) electrons. The lowest BCUT2D eigenvalue weighted by atomic mass is 10.1. The minimum atomic E-state index is -4.08. The van der Waals surface area contributed by atoms with E-state index in [2.05, 4.69) is 20.0 Å². The largest absolute Gasteiger partial charge is 0.506 e. The van der Waals surface area contributed by atoms with E-state index in [1.165, 1.54) is 48.5 Å². The Morgan fingerprint density at radius 1 is 0.935 bits per heavy atom. The number of aromatic nitrogens is 2. The maximum Gasteiger partial charge on any atom is 0.323 e. The van der Waals surface area contributed by atoms with Crippen LogP contribution in [-0.2, 0) is 10.0 Å². The number of benzene rings is 3. The molecule has 0 aliphatic heterocycles. The number of anilines is 2. The van der Waals surface area contributed by atoms with Crippen molar-refractivity contribution < 1.29 is 18.3 Å². The van der Waals surface area contributed by atoms with Crippen LogP contribution in [0.4, 0.5) is 11.4 Å². The van der Waals surface area contributed by atoms with E-state index in [0.29, 0.717) is 16.1 Å². The minimum Gasteiger partial charge on any atom is -0.506 e. The van der Waals surface area contributed by atoms with E-state index in [-0.39, 0.29) is 27.6 Å². The number of rotatable bonds is 5. The number of fused-ring (bicyclic) bond motifs is 1. The van der Waals surface area contributed by atoms with Gasteiger partial charge in [-0.15, -0.1) is 0 Å². The van der Waals surface area contributed by atoms with E-state index in [1.807, 2.05) is 0 Å². The molecule has 1 amide bonds. The highest BCUT2D eigenvalue weighted by Crippen LogP contribution is 2.28.